The molecule has 0 saturated carbocycles. The lowest BCUT2D eigenvalue weighted by atomic mass is 10.2. The monoisotopic (exact) mass is 241 g/mol. The van der Waals surface area contributed by atoms with Crippen LogP contribution in [-0.2, 0) is 4.79 Å². The van der Waals surface area contributed by atoms with Gasteiger partial charge in [0.05, 0.1) is 0 Å². The standard InChI is InChI=1S/C12H16FNO3/c1-9(5-6-15)14-12(16)8-17-11-4-2-3-10(13)7-11/h2-4,7,9,15H,5-6,8H2,1H3,(H,14,16). The average molecular weight is 241 g/mol. The Balaban J connectivity index is 2.33. The molecular weight excluding hydrogens is 225 g/mol. The zero-order valence-corrected chi connectivity index (χ0v) is 9.65. The zero-order valence-electron chi connectivity index (χ0n) is 9.65. The Labute approximate surface area is 99.4 Å². The molecule has 0 aromatic heterocycles. The summed E-state index contributed by atoms with van der Waals surface area (Å²) in [6.07, 6.45) is 0.492. The maximum absolute atomic E-state index is 12.8. The van der Waals surface area contributed by atoms with E-state index in [2.05, 4.69) is 5.32 Å². The van der Waals surface area contributed by atoms with Crippen LogP contribution in [0.25, 0.3) is 0 Å². The molecule has 1 unspecified atom stereocenters. The number of carbonyl (C=O) groups is 1. The van der Waals surface area contributed by atoms with Gasteiger partial charge in [-0.15, -0.1) is 0 Å². The molecule has 0 bridgehead atoms. The van der Waals surface area contributed by atoms with Crippen LogP contribution in [0, 0.1) is 5.82 Å². The predicted molar refractivity (Wildman–Crippen MR) is 61.2 cm³/mol. The number of ether oxygens (including phenoxy) is 1. The second-order valence-electron chi connectivity index (χ2n) is 3.73. The van der Waals surface area contributed by atoms with Crippen LogP contribution in [0.5, 0.6) is 5.75 Å². The molecule has 0 saturated heterocycles. The number of carbonyl (C=O) groups excluding carboxylic acids is 1. The van der Waals surface area contributed by atoms with Crippen molar-refractivity contribution in [2.24, 2.45) is 0 Å². The lowest BCUT2D eigenvalue weighted by molar-refractivity contribution is -0.123. The molecule has 0 aliphatic carbocycles. The van der Waals surface area contributed by atoms with Crippen molar-refractivity contribution >= 4 is 5.91 Å². The smallest absolute Gasteiger partial charge is 0.258 e. The first-order chi connectivity index (χ1) is 8.11. The van der Waals surface area contributed by atoms with E-state index in [1.807, 2.05) is 0 Å². The highest BCUT2D eigenvalue weighted by atomic mass is 19.1. The number of halogens is 1. The second kappa shape index (κ2) is 6.85. The lowest BCUT2D eigenvalue weighted by Crippen LogP contribution is -2.36. The highest BCUT2D eigenvalue weighted by molar-refractivity contribution is 5.77. The fourth-order valence-corrected chi connectivity index (χ4v) is 1.29. The summed E-state index contributed by atoms with van der Waals surface area (Å²) in [7, 11) is 0. The van der Waals surface area contributed by atoms with Crippen LogP contribution in [-0.4, -0.2) is 30.3 Å². The Kier molecular flexibility index (Phi) is 5.42. The van der Waals surface area contributed by atoms with Crippen molar-refractivity contribution in [3.05, 3.63) is 30.1 Å². The summed E-state index contributed by atoms with van der Waals surface area (Å²) in [5.74, 6) is -0.387. The molecule has 1 amide bonds. The molecule has 0 fully saturated rings. The van der Waals surface area contributed by atoms with Crippen LogP contribution in [0.2, 0.25) is 0 Å². The van der Waals surface area contributed by atoms with Gasteiger partial charge in [0.2, 0.25) is 0 Å². The summed E-state index contributed by atoms with van der Waals surface area (Å²) in [5.41, 5.74) is 0. The molecule has 0 radical (unpaired) electrons. The fourth-order valence-electron chi connectivity index (χ4n) is 1.29. The summed E-state index contributed by atoms with van der Waals surface area (Å²) < 4.78 is 17.9. The van der Waals surface area contributed by atoms with E-state index in [1.54, 1.807) is 13.0 Å². The van der Waals surface area contributed by atoms with Crippen LogP contribution >= 0.6 is 0 Å². The third kappa shape index (κ3) is 5.31. The molecule has 0 spiro atoms. The maximum atomic E-state index is 12.8. The van der Waals surface area contributed by atoms with Crippen molar-refractivity contribution in [2.45, 2.75) is 19.4 Å². The highest BCUT2D eigenvalue weighted by Gasteiger charge is 2.07. The van der Waals surface area contributed by atoms with Crippen molar-refractivity contribution in [3.63, 3.8) is 0 Å². The van der Waals surface area contributed by atoms with Crippen LogP contribution < -0.4 is 10.1 Å². The molecule has 0 heterocycles. The molecule has 94 valence electrons. The van der Waals surface area contributed by atoms with Crippen LogP contribution in [0.3, 0.4) is 0 Å². The molecule has 0 aliphatic heterocycles. The van der Waals surface area contributed by atoms with E-state index in [1.165, 1.54) is 18.2 Å². The van der Waals surface area contributed by atoms with Gasteiger partial charge >= 0.3 is 0 Å². The molecular formula is C12H16FNO3. The Bertz CT molecular complexity index is 371. The zero-order chi connectivity index (χ0) is 12.7. The molecule has 1 atom stereocenters. The van der Waals surface area contributed by atoms with E-state index in [0.29, 0.717) is 12.2 Å². The molecule has 1 aromatic rings. The minimum atomic E-state index is -0.406. The van der Waals surface area contributed by atoms with Crippen LogP contribution in [0.1, 0.15) is 13.3 Å². The Morgan fingerprint density at radius 1 is 1.59 bits per heavy atom. The minimum absolute atomic E-state index is 0.0200. The molecule has 17 heavy (non-hydrogen) atoms. The van der Waals surface area contributed by atoms with Crippen molar-refractivity contribution in [2.75, 3.05) is 13.2 Å². The fraction of sp³-hybridized carbons (Fsp3) is 0.417. The average Bonchev–Trinajstić information content (AvgIpc) is 2.27. The quantitative estimate of drug-likeness (QED) is 0.784. The van der Waals surface area contributed by atoms with Crippen molar-refractivity contribution in [1.29, 1.82) is 0 Å². The van der Waals surface area contributed by atoms with Gasteiger partial charge in [-0.2, -0.15) is 0 Å². The van der Waals surface area contributed by atoms with E-state index in [9.17, 15) is 9.18 Å². The summed E-state index contributed by atoms with van der Waals surface area (Å²) >= 11 is 0. The summed E-state index contributed by atoms with van der Waals surface area (Å²) in [6, 6.07) is 5.49. The summed E-state index contributed by atoms with van der Waals surface area (Å²) in [4.78, 5) is 11.4. The van der Waals surface area contributed by atoms with Gasteiger partial charge in [-0.25, -0.2) is 4.39 Å². The number of hydrogen-bond acceptors (Lipinski definition) is 3. The Morgan fingerprint density at radius 2 is 2.35 bits per heavy atom. The van der Waals surface area contributed by atoms with Gasteiger partial charge in [0.1, 0.15) is 11.6 Å². The second-order valence-corrected chi connectivity index (χ2v) is 3.73. The van der Waals surface area contributed by atoms with Gasteiger partial charge in [-0.05, 0) is 25.5 Å². The number of benzene rings is 1. The number of nitrogens with one attached hydrogen (secondary N) is 1. The number of rotatable bonds is 6. The number of hydrogen-bond donors (Lipinski definition) is 2. The third-order valence-electron chi connectivity index (χ3n) is 2.14. The first kappa shape index (κ1) is 13.4. The van der Waals surface area contributed by atoms with E-state index in [4.69, 9.17) is 9.84 Å². The van der Waals surface area contributed by atoms with Crippen molar-refractivity contribution < 1.29 is 19.0 Å². The lowest BCUT2D eigenvalue weighted by Gasteiger charge is -2.12. The Hall–Kier alpha value is -1.62. The maximum Gasteiger partial charge on any atom is 0.258 e. The summed E-state index contributed by atoms with van der Waals surface area (Å²) in [6.45, 7) is 1.64. The molecule has 1 rings (SSSR count). The molecule has 4 nitrogen and oxygen atoms in total. The van der Waals surface area contributed by atoms with Gasteiger partial charge in [-0.1, -0.05) is 6.07 Å². The molecule has 2 N–H and O–H groups in total. The van der Waals surface area contributed by atoms with E-state index >= 15 is 0 Å². The van der Waals surface area contributed by atoms with Crippen molar-refractivity contribution in [3.8, 4) is 5.75 Å². The SMILES string of the molecule is CC(CCO)NC(=O)COc1cccc(F)c1. The number of amides is 1. The molecule has 0 aliphatic rings. The molecule has 5 heteroatoms. The van der Waals surface area contributed by atoms with E-state index in [-0.39, 0.29) is 25.2 Å². The highest BCUT2D eigenvalue weighted by Crippen LogP contribution is 2.11. The predicted octanol–water partition coefficient (Wildman–Crippen LogP) is 1.09. The van der Waals surface area contributed by atoms with E-state index < -0.39 is 5.82 Å². The first-order valence-corrected chi connectivity index (χ1v) is 5.40. The van der Waals surface area contributed by atoms with Gasteiger partial charge < -0.3 is 15.2 Å². The van der Waals surface area contributed by atoms with Crippen molar-refractivity contribution in [1.82, 2.24) is 5.32 Å². The van der Waals surface area contributed by atoms with Gasteiger partial charge in [0.15, 0.2) is 6.61 Å². The number of aliphatic hydroxyl groups excluding tert-OH is 1. The first-order valence-electron chi connectivity index (χ1n) is 5.40. The Morgan fingerprint density at radius 3 is 3.00 bits per heavy atom. The van der Waals surface area contributed by atoms with Crippen LogP contribution in [0.4, 0.5) is 4.39 Å². The molecule has 1 aromatic carbocycles. The normalized spacial score (nSPS) is 11.9. The minimum Gasteiger partial charge on any atom is -0.484 e. The van der Waals surface area contributed by atoms with Gasteiger partial charge in [0.25, 0.3) is 5.91 Å². The third-order valence-corrected chi connectivity index (χ3v) is 2.14. The van der Waals surface area contributed by atoms with Gasteiger partial charge in [0, 0.05) is 18.7 Å². The van der Waals surface area contributed by atoms with E-state index in [0.717, 1.165) is 0 Å². The van der Waals surface area contributed by atoms with Gasteiger partial charge in [-0.3, -0.25) is 4.79 Å². The van der Waals surface area contributed by atoms with Crippen LogP contribution in [0.15, 0.2) is 24.3 Å². The number of aliphatic hydroxyl groups is 1. The summed E-state index contributed by atoms with van der Waals surface area (Å²) in [5, 5.41) is 11.3. The largest absolute Gasteiger partial charge is 0.484 e. The topological polar surface area (TPSA) is 58.6 Å².